The summed E-state index contributed by atoms with van der Waals surface area (Å²) in [4.78, 5) is 14.3. The van der Waals surface area contributed by atoms with Gasteiger partial charge in [0, 0.05) is 18.7 Å². The van der Waals surface area contributed by atoms with Gasteiger partial charge in [-0.05, 0) is 55.3 Å². The molecular formula is C23H24F3N3O. The maximum absolute atomic E-state index is 12.7. The van der Waals surface area contributed by atoms with Gasteiger partial charge in [0.2, 0.25) is 0 Å². The topological polar surface area (TPSA) is 44.4 Å². The lowest BCUT2D eigenvalue weighted by atomic mass is 10.1. The van der Waals surface area contributed by atoms with Crippen LogP contribution < -0.4 is 10.6 Å². The highest BCUT2D eigenvalue weighted by molar-refractivity contribution is 5.74. The van der Waals surface area contributed by atoms with E-state index in [1.54, 1.807) is 0 Å². The minimum atomic E-state index is -4.40. The van der Waals surface area contributed by atoms with Gasteiger partial charge in [-0.15, -0.1) is 0 Å². The smallest absolute Gasteiger partial charge is 0.334 e. The fraction of sp³-hybridized carbons (Fsp3) is 0.348. The van der Waals surface area contributed by atoms with Crippen molar-refractivity contribution >= 4 is 6.03 Å². The number of hydrogen-bond donors (Lipinski definition) is 2. The summed E-state index contributed by atoms with van der Waals surface area (Å²) in [6.45, 7) is 3.61. The van der Waals surface area contributed by atoms with Gasteiger partial charge in [0.1, 0.15) is 0 Å². The van der Waals surface area contributed by atoms with Crippen LogP contribution in [0.3, 0.4) is 0 Å². The van der Waals surface area contributed by atoms with E-state index in [0.717, 1.165) is 37.3 Å². The van der Waals surface area contributed by atoms with Crippen molar-refractivity contribution in [3.63, 3.8) is 0 Å². The average Bonchev–Trinajstić information content (AvgIpc) is 3.23. The van der Waals surface area contributed by atoms with Crippen molar-refractivity contribution in [2.24, 2.45) is 0 Å². The molecule has 0 aliphatic carbocycles. The lowest BCUT2D eigenvalue weighted by Gasteiger charge is -2.15. The van der Waals surface area contributed by atoms with E-state index < -0.39 is 11.7 Å². The van der Waals surface area contributed by atoms with E-state index in [0.29, 0.717) is 6.54 Å². The van der Waals surface area contributed by atoms with Crippen LogP contribution in [-0.2, 0) is 19.3 Å². The normalized spacial score (nSPS) is 14.1. The van der Waals surface area contributed by atoms with Crippen molar-refractivity contribution in [1.82, 2.24) is 15.5 Å². The monoisotopic (exact) mass is 415 g/mol. The van der Waals surface area contributed by atoms with E-state index >= 15 is 0 Å². The molecule has 1 aliphatic rings. The van der Waals surface area contributed by atoms with Crippen molar-refractivity contribution in [2.45, 2.75) is 32.1 Å². The summed E-state index contributed by atoms with van der Waals surface area (Å²) in [5.41, 5.74) is 1.74. The third kappa shape index (κ3) is 6.82. The second-order valence-electron chi connectivity index (χ2n) is 7.22. The van der Waals surface area contributed by atoms with Crippen LogP contribution in [0, 0.1) is 11.8 Å². The van der Waals surface area contributed by atoms with Crippen LogP contribution in [0.15, 0.2) is 48.5 Å². The molecule has 2 N–H and O–H groups in total. The number of nitrogens with zero attached hydrogens (tertiary/aromatic N) is 1. The van der Waals surface area contributed by atoms with Gasteiger partial charge in [-0.2, -0.15) is 13.2 Å². The molecule has 0 aromatic heterocycles. The lowest BCUT2D eigenvalue weighted by molar-refractivity contribution is -0.137. The highest BCUT2D eigenvalue weighted by Crippen LogP contribution is 2.29. The highest BCUT2D eigenvalue weighted by atomic mass is 19.4. The molecule has 0 spiro atoms. The number of hydrogen-bond acceptors (Lipinski definition) is 2. The third-order valence-electron chi connectivity index (χ3n) is 4.81. The van der Waals surface area contributed by atoms with Crippen LogP contribution in [0.25, 0.3) is 0 Å². The van der Waals surface area contributed by atoms with Crippen molar-refractivity contribution < 1.29 is 18.0 Å². The molecule has 30 heavy (non-hydrogen) atoms. The van der Waals surface area contributed by atoms with Crippen LogP contribution >= 0.6 is 0 Å². The molecule has 0 radical (unpaired) electrons. The molecule has 0 atom stereocenters. The molecule has 1 heterocycles. The van der Waals surface area contributed by atoms with Crippen molar-refractivity contribution in [3.8, 4) is 11.8 Å². The number of carbonyl (C=O) groups is 1. The van der Waals surface area contributed by atoms with Crippen LogP contribution in [0.2, 0.25) is 0 Å². The van der Waals surface area contributed by atoms with Gasteiger partial charge in [0.15, 0.2) is 0 Å². The van der Waals surface area contributed by atoms with Gasteiger partial charge in [-0.3, -0.25) is 4.90 Å². The molecule has 1 aliphatic heterocycles. The molecule has 0 bridgehead atoms. The van der Waals surface area contributed by atoms with E-state index in [1.807, 2.05) is 12.1 Å². The molecule has 3 rings (SSSR count). The summed E-state index contributed by atoms with van der Waals surface area (Å²) in [5, 5.41) is 5.35. The number of alkyl halides is 3. The summed E-state index contributed by atoms with van der Waals surface area (Å²) in [6.07, 6.45) is -1.91. The molecule has 0 saturated carbocycles. The number of likely N-dealkylation sites (tertiary alicyclic amines) is 1. The zero-order chi connectivity index (χ0) is 21.4. The van der Waals surface area contributed by atoms with E-state index in [4.69, 9.17) is 0 Å². The Morgan fingerprint density at radius 3 is 2.50 bits per heavy atom. The number of nitrogens with one attached hydrogen (secondary N) is 2. The van der Waals surface area contributed by atoms with Gasteiger partial charge in [0.05, 0.1) is 12.1 Å². The van der Waals surface area contributed by atoms with Gasteiger partial charge in [-0.1, -0.05) is 42.2 Å². The van der Waals surface area contributed by atoms with Crippen molar-refractivity contribution in [3.05, 3.63) is 70.8 Å². The van der Waals surface area contributed by atoms with Crippen molar-refractivity contribution in [2.75, 3.05) is 19.6 Å². The minimum absolute atomic E-state index is 0.0388. The zero-order valence-corrected chi connectivity index (χ0v) is 16.6. The van der Waals surface area contributed by atoms with Crippen LogP contribution in [0.1, 0.15) is 35.1 Å². The third-order valence-corrected chi connectivity index (χ3v) is 4.81. The number of amides is 2. The Labute approximate surface area is 174 Å². The van der Waals surface area contributed by atoms with Crippen molar-refractivity contribution in [1.29, 1.82) is 0 Å². The summed E-state index contributed by atoms with van der Waals surface area (Å²) in [7, 11) is 0. The van der Waals surface area contributed by atoms with E-state index in [1.165, 1.54) is 30.5 Å². The molecule has 7 heteroatoms. The molecule has 2 aromatic carbocycles. The minimum Gasteiger partial charge on any atom is -0.334 e. The Morgan fingerprint density at radius 2 is 1.73 bits per heavy atom. The van der Waals surface area contributed by atoms with Crippen LogP contribution in [-0.4, -0.2) is 30.6 Å². The Hall–Kier alpha value is -2.98. The second-order valence-corrected chi connectivity index (χ2v) is 7.22. The Bertz CT molecular complexity index is 925. The molecule has 4 nitrogen and oxygen atoms in total. The fourth-order valence-corrected chi connectivity index (χ4v) is 3.33. The van der Waals surface area contributed by atoms with E-state index in [2.05, 4.69) is 39.5 Å². The molecule has 2 aromatic rings. The molecule has 0 unspecified atom stereocenters. The number of urea groups is 1. The highest BCUT2D eigenvalue weighted by Gasteiger charge is 2.30. The first-order valence-electron chi connectivity index (χ1n) is 9.88. The first kappa shape index (κ1) is 21.7. The van der Waals surface area contributed by atoms with E-state index in [-0.39, 0.29) is 18.1 Å². The van der Waals surface area contributed by atoms with Gasteiger partial charge in [0.25, 0.3) is 0 Å². The predicted molar refractivity (Wildman–Crippen MR) is 110 cm³/mol. The summed E-state index contributed by atoms with van der Waals surface area (Å²) >= 11 is 0. The lowest BCUT2D eigenvalue weighted by Crippen LogP contribution is -2.35. The predicted octanol–water partition coefficient (Wildman–Crippen LogP) is 4.15. The van der Waals surface area contributed by atoms with E-state index in [9.17, 15) is 18.0 Å². The Balaban J connectivity index is 1.43. The second kappa shape index (κ2) is 10.2. The standard InChI is InChI=1S/C23H24F3N3O/c24-23(25,26)21-10-4-6-18(15-21)9-5-11-27-22(30)28-16-19-7-3-8-20(14-19)17-29-12-1-2-13-29/h3-4,6-8,10,14-15H,1-2,11-13,16-17H2,(H2,27,28,30). The Kier molecular flexibility index (Phi) is 7.36. The number of halogens is 3. The summed E-state index contributed by atoms with van der Waals surface area (Å²) < 4.78 is 38.1. The average molecular weight is 415 g/mol. The maximum Gasteiger partial charge on any atom is 0.416 e. The Morgan fingerprint density at radius 1 is 1.00 bits per heavy atom. The first-order valence-corrected chi connectivity index (χ1v) is 9.88. The quantitative estimate of drug-likeness (QED) is 0.721. The van der Waals surface area contributed by atoms with Crippen LogP contribution in [0.4, 0.5) is 18.0 Å². The molecule has 1 saturated heterocycles. The maximum atomic E-state index is 12.7. The van der Waals surface area contributed by atoms with Crippen LogP contribution in [0.5, 0.6) is 0 Å². The summed E-state index contributed by atoms with van der Waals surface area (Å²) in [5.74, 6) is 5.30. The SMILES string of the molecule is O=C(NCC#Cc1cccc(C(F)(F)F)c1)NCc1cccc(CN2CCCC2)c1. The zero-order valence-electron chi connectivity index (χ0n) is 16.6. The van der Waals surface area contributed by atoms with Gasteiger partial charge in [-0.25, -0.2) is 4.79 Å². The molecular weight excluding hydrogens is 391 g/mol. The largest absolute Gasteiger partial charge is 0.416 e. The molecule has 2 amide bonds. The molecule has 1 fully saturated rings. The summed E-state index contributed by atoms with van der Waals surface area (Å²) in [6, 6.07) is 12.5. The van der Waals surface area contributed by atoms with Gasteiger partial charge < -0.3 is 10.6 Å². The van der Waals surface area contributed by atoms with Gasteiger partial charge >= 0.3 is 12.2 Å². The fourth-order valence-electron chi connectivity index (χ4n) is 3.33. The number of benzene rings is 2. The first-order chi connectivity index (χ1) is 14.4. The molecule has 158 valence electrons. The number of carbonyl (C=O) groups excluding carboxylic acids is 1. The number of rotatable bonds is 5.